The third-order valence-corrected chi connectivity index (χ3v) is 9.23. The molecule has 0 saturated heterocycles. The Hall–Kier alpha value is -1.32. The van der Waals surface area contributed by atoms with Gasteiger partial charge in [0, 0.05) is 6.54 Å². The van der Waals surface area contributed by atoms with Gasteiger partial charge in [0.1, 0.15) is 0 Å². The Balaban J connectivity index is 1.20. The standard InChI is InChI=1S/C22H29NO3/c24-19(17-15-1-2-16(18(17)20(25)26)22(15)3-4-22)23-11-21-8-12-5-13(9-21)7-14(6-12)10-21/h1-2,12-18H,3-11H2,(H,23,24)(H,25,26)/t12?,13?,14?,15-,16+,17-,18+,21?/m1/s1. The first kappa shape index (κ1) is 15.7. The normalized spacial score (nSPS) is 51.2. The average Bonchev–Trinajstić information content (AvgIpc) is 3.24. The highest BCUT2D eigenvalue weighted by Gasteiger charge is 2.70. The van der Waals surface area contributed by atoms with Crippen molar-refractivity contribution < 1.29 is 14.7 Å². The molecule has 0 heterocycles. The summed E-state index contributed by atoms with van der Waals surface area (Å²) in [4.78, 5) is 25.1. The summed E-state index contributed by atoms with van der Waals surface area (Å²) >= 11 is 0. The molecule has 26 heavy (non-hydrogen) atoms. The molecule has 7 aliphatic rings. The Bertz CT molecular complexity index is 671. The quantitative estimate of drug-likeness (QED) is 0.761. The van der Waals surface area contributed by atoms with Gasteiger partial charge >= 0.3 is 5.97 Å². The lowest BCUT2D eigenvalue weighted by Crippen LogP contribution is -2.52. The summed E-state index contributed by atoms with van der Waals surface area (Å²) in [5, 5.41) is 13.1. The molecular weight excluding hydrogens is 326 g/mol. The van der Waals surface area contributed by atoms with Crippen molar-refractivity contribution in [3.05, 3.63) is 12.2 Å². The minimum absolute atomic E-state index is 0.0243. The molecule has 4 atom stereocenters. The van der Waals surface area contributed by atoms with Gasteiger partial charge in [-0.05, 0) is 91.8 Å². The maximum Gasteiger partial charge on any atom is 0.307 e. The first-order chi connectivity index (χ1) is 12.5. The van der Waals surface area contributed by atoms with Crippen molar-refractivity contribution in [2.24, 2.45) is 52.3 Å². The fourth-order valence-corrected chi connectivity index (χ4v) is 8.59. The van der Waals surface area contributed by atoms with Gasteiger partial charge in [-0.2, -0.15) is 0 Å². The van der Waals surface area contributed by atoms with Crippen LogP contribution < -0.4 is 5.32 Å². The smallest absolute Gasteiger partial charge is 0.307 e. The molecule has 7 aliphatic carbocycles. The van der Waals surface area contributed by atoms with Crippen LogP contribution >= 0.6 is 0 Å². The summed E-state index contributed by atoms with van der Waals surface area (Å²) in [6.07, 6.45) is 14.5. The van der Waals surface area contributed by atoms with Crippen molar-refractivity contribution in [2.45, 2.75) is 51.4 Å². The monoisotopic (exact) mass is 355 g/mol. The van der Waals surface area contributed by atoms with Crippen LogP contribution in [0, 0.1) is 52.3 Å². The van der Waals surface area contributed by atoms with Gasteiger partial charge in [-0.3, -0.25) is 9.59 Å². The summed E-state index contributed by atoms with van der Waals surface area (Å²) < 4.78 is 0. The van der Waals surface area contributed by atoms with Gasteiger partial charge in [0.25, 0.3) is 0 Å². The van der Waals surface area contributed by atoms with Crippen molar-refractivity contribution in [3.63, 3.8) is 0 Å². The van der Waals surface area contributed by atoms with Crippen LogP contribution in [-0.4, -0.2) is 23.5 Å². The number of aliphatic carboxylic acids is 1. The van der Waals surface area contributed by atoms with Crippen LogP contribution in [0.2, 0.25) is 0 Å². The zero-order chi connectivity index (χ0) is 17.7. The molecule has 4 nitrogen and oxygen atoms in total. The highest BCUT2D eigenvalue weighted by molar-refractivity contribution is 5.87. The van der Waals surface area contributed by atoms with E-state index < -0.39 is 11.9 Å². The van der Waals surface area contributed by atoms with E-state index in [9.17, 15) is 14.7 Å². The molecule has 6 fully saturated rings. The second kappa shape index (κ2) is 4.94. The van der Waals surface area contributed by atoms with Gasteiger partial charge < -0.3 is 10.4 Å². The van der Waals surface area contributed by atoms with E-state index in [1.807, 2.05) is 0 Å². The molecule has 0 aliphatic heterocycles. The van der Waals surface area contributed by atoms with Crippen LogP contribution in [0.3, 0.4) is 0 Å². The summed E-state index contributed by atoms with van der Waals surface area (Å²) in [5.74, 6) is 1.27. The topological polar surface area (TPSA) is 66.4 Å². The van der Waals surface area contributed by atoms with E-state index in [1.54, 1.807) is 0 Å². The third kappa shape index (κ3) is 1.96. The number of rotatable bonds is 4. The Labute approximate surface area is 154 Å². The molecule has 1 amide bonds. The lowest BCUT2D eigenvalue weighted by atomic mass is 9.49. The first-order valence-corrected chi connectivity index (χ1v) is 10.7. The molecule has 2 N–H and O–H groups in total. The van der Waals surface area contributed by atoms with E-state index in [0.29, 0.717) is 5.41 Å². The second-order valence-electron chi connectivity index (χ2n) is 10.7. The van der Waals surface area contributed by atoms with E-state index in [4.69, 9.17) is 0 Å². The molecule has 6 bridgehead atoms. The lowest BCUT2D eigenvalue weighted by molar-refractivity contribution is -0.148. The highest BCUT2D eigenvalue weighted by Crippen LogP contribution is 2.72. The number of amides is 1. The van der Waals surface area contributed by atoms with Gasteiger partial charge in [0.15, 0.2) is 0 Å². The van der Waals surface area contributed by atoms with Gasteiger partial charge in [0.2, 0.25) is 5.91 Å². The van der Waals surface area contributed by atoms with Gasteiger partial charge in [0.05, 0.1) is 11.8 Å². The Morgan fingerprint density at radius 3 is 1.96 bits per heavy atom. The van der Waals surface area contributed by atoms with Crippen molar-refractivity contribution in [2.75, 3.05) is 6.54 Å². The molecular formula is C22H29NO3. The van der Waals surface area contributed by atoms with E-state index in [2.05, 4.69) is 17.5 Å². The Morgan fingerprint density at radius 1 is 0.923 bits per heavy atom. The number of hydrogen-bond donors (Lipinski definition) is 2. The third-order valence-electron chi connectivity index (χ3n) is 9.23. The fraction of sp³-hybridized carbons (Fsp3) is 0.818. The fourth-order valence-electron chi connectivity index (χ4n) is 8.59. The number of carboxylic acids is 1. The molecule has 0 unspecified atom stereocenters. The van der Waals surface area contributed by atoms with E-state index in [0.717, 1.165) is 37.1 Å². The van der Waals surface area contributed by atoms with Gasteiger partial charge in [-0.1, -0.05) is 12.2 Å². The molecule has 140 valence electrons. The van der Waals surface area contributed by atoms with Crippen LogP contribution in [0.5, 0.6) is 0 Å². The van der Waals surface area contributed by atoms with Crippen LogP contribution in [0.1, 0.15) is 51.4 Å². The zero-order valence-corrected chi connectivity index (χ0v) is 15.3. The van der Waals surface area contributed by atoms with Crippen LogP contribution in [0.4, 0.5) is 0 Å². The molecule has 7 rings (SSSR count). The van der Waals surface area contributed by atoms with Crippen molar-refractivity contribution in [3.8, 4) is 0 Å². The first-order valence-electron chi connectivity index (χ1n) is 10.7. The number of carboxylic acid groups (broad SMARTS) is 1. The molecule has 0 aromatic carbocycles. The van der Waals surface area contributed by atoms with Crippen LogP contribution in [-0.2, 0) is 9.59 Å². The predicted molar refractivity (Wildman–Crippen MR) is 96.0 cm³/mol. The Kier molecular flexibility index (Phi) is 2.98. The lowest BCUT2D eigenvalue weighted by Gasteiger charge is -2.57. The molecule has 0 aromatic heterocycles. The molecule has 6 saturated carbocycles. The molecule has 0 radical (unpaired) electrons. The molecule has 0 aromatic rings. The maximum absolute atomic E-state index is 13.2. The van der Waals surface area contributed by atoms with Crippen LogP contribution in [0.25, 0.3) is 0 Å². The van der Waals surface area contributed by atoms with Gasteiger partial charge in [-0.25, -0.2) is 0 Å². The Morgan fingerprint density at radius 2 is 1.46 bits per heavy atom. The summed E-state index contributed by atoms with van der Waals surface area (Å²) in [7, 11) is 0. The highest BCUT2D eigenvalue weighted by atomic mass is 16.4. The molecule has 4 heteroatoms. The minimum atomic E-state index is -0.775. The number of carbonyl (C=O) groups excluding carboxylic acids is 1. The maximum atomic E-state index is 13.2. The van der Waals surface area contributed by atoms with E-state index >= 15 is 0 Å². The van der Waals surface area contributed by atoms with Crippen LogP contribution in [0.15, 0.2) is 12.2 Å². The summed E-state index contributed by atoms with van der Waals surface area (Å²) in [6, 6.07) is 0. The van der Waals surface area contributed by atoms with E-state index in [1.165, 1.54) is 38.5 Å². The van der Waals surface area contributed by atoms with E-state index in [-0.39, 0.29) is 29.1 Å². The number of allylic oxidation sites excluding steroid dienone is 2. The summed E-state index contributed by atoms with van der Waals surface area (Å²) in [6.45, 7) is 0.784. The van der Waals surface area contributed by atoms with Crippen molar-refractivity contribution in [1.82, 2.24) is 5.32 Å². The van der Waals surface area contributed by atoms with Crippen molar-refractivity contribution in [1.29, 1.82) is 0 Å². The van der Waals surface area contributed by atoms with Gasteiger partial charge in [-0.15, -0.1) is 0 Å². The second-order valence-corrected chi connectivity index (χ2v) is 10.7. The minimum Gasteiger partial charge on any atom is -0.481 e. The largest absolute Gasteiger partial charge is 0.481 e. The number of carbonyl (C=O) groups is 2. The number of nitrogens with one attached hydrogen (secondary N) is 1. The molecule has 1 spiro atoms. The predicted octanol–water partition coefficient (Wildman–Crippen LogP) is 3.23. The SMILES string of the molecule is O=C(O)[C@@H]1[C@H](C(=O)NCC23CC4CC(CC(C4)C2)C3)[C@H]2C=C[C@@H]1C21CC1. The zero-order valence-electron chi connectivity index (χ0n) is 15.3. The average molecular weight is 355 g/mol. The number of hydrogen-bond acceptors (Lipinski definition) is 2. The van der Waals surface area contributed by atoms with Crippen molar-refractivity contribution >= 4 is 11.9 Å². The summed E-state index contributed by atoms with van der Waals surface area (Å²) in [5.41, 5.74) is 0.430.